The quantitative estimate of drug-likeness (QED) is 0.561. The summed E-state index contributed by atoms with van der Waals surface area (Å²) in [7, 11) is 0. The molecule has 0 unspecified atom stereocenters. The Morgan fingerprint density at radius 1 is 0.857 bits per heavy atom. The van der Waals surface area contributed by atoms with Crippen LogP contribution in [0.4, 0.5) is 11.4 Å². The topological polar surface area (TPSA) is 58.4 Å². The maximum Gasteiger partial charge on any atom is 0.292 e. The SMILES string of the molecule is O=[N+]([O-])c1ccccc1N[C@@H]1C[C@H]2CCC[C@@H](C1)N2[C@@H]1C[C@@H]2CCC[C@@H](C2)C1. The Morgan fingerprint density at radius 3 is 2.18 bits per heavy atom. The van der Waals surface area contributed by atoms with Crippen LogP contribution >= 0.6 is 0 Å². The van der Waals surface area contributed by atoms with Gasteiger partial charge < -0.3 is 5.32 Å². The zero-order valence-electron chi connectivity index (χ0n) is 16.8. The van der Waals surface area contributed by atoms with Crippen molar-refractivity contribution in [1.82, 2.24) is 4.90 Å². The number of piperidine rings is 2. The number of nitrogens with one attached hydrogen (secondary N) is 1. The number of hydrogen-bond donors (Lipinski definition) is 1. The first-order valence-electron chi connectivity index (χ1n) is 11.4. The highest BCUT2D eigenvalue weighted by molar-refractivity contribution is 5.61. The maximum absolute atomic E-state index is 11.4. The van der Waals surface area contributed by atoms with Gasteiger partial charge in [-0.15, -0.1) is 0 Å². The summed E-state index contributed by atoms with van der Waals surface area (Å²) in [5.74, 6) is 1.95. The second kappa shape index (κ2) is 7.66. The van der Waals surface area contributed by atoms with Gasteiger partial charge in [0.15, 0.2) is 0 Å². The first kappa shape index (κ1) is 18.4. The molecule has 0 amide bonds. The molecule has 2 aliphatic carbocycles. The van der Waals surface area contributed by atoms with Crippen molar-refractivity contribution >= 4 is 11.4 Å². The summed E-state index contributed by atoms with van der Waals surface area (Å²) < 4.78 is 0. The van der Waals surface area contributed by atoms with Gasteiger partial charge in [0, 0.05) is 30.2 Å². The van der Waals surface area contributed by atoms with Crippen LogP contribution in [-0.4, -0.2) is 34.0 Å². The Kier molecular flexibility index (Phi) is 5.04. The third kappa shape index (κ3) is 3.54. The maximum atomic E-state index is 11.4. The average molecular weight is 384 g/mol. The van der Waals surface area contributed by atoms with Gasteiger partial charge in [0.05, 0.1) is 4.92 Å². The van der Waals surface area contributed by atoms with E-state index in [0.717, 1.165) is 30.7 Å². The highest BCUT2D eigenvalue weighted by Gasteiger charge is 2.44. The van der Waals surface area contributed by atoms with Crippen LogP contribution in [0.3, 0.4) is 0 Å². The van der Waals surface area contributed by atoms with Crippen molar-refractivity contribution in [2.45, 2.75) is 94.8 Å². The molecule has 0 radical (unpaired) electrons. The summed E-state index contributed by atoms with van der Waals surface area (Å²) in [6, 6.07) is 9.60. The van der Waals surface area contributed by atoms with E-state index in [-0.39, 0.29) is 10.6 Å². The van der Waals surface area contributed by atoms with Crippen molar-refractivity contribution in [3.63, 3.8) is 0 Å². The second-order valence-electron chi connectivity index (χ2n) is 9.80. The number of para-hydroxylation sites is 2. The van der Waals surface area contributed by atoms with E-state index in [0.29, 0.717) is 23.8 Å². The summed E-state index contributed by atoms with van der Waals surface area (Å²) in [5, 5.41) is 14.9. The molecule has 5 nitrogen and oxygen atoms in total. The van der Waals surface area contributed by atoms with E-state index in [1.165, 1.54) is 57.8 Å². The van der Waals surface area contributed by atoms with E-state index in [4.69, 9.17) is 0 Å². The third-order valence-electron chi connectivity index (χ3n) is 8.02. The van der Waals surface area contributed by atoms with Gasteiger partial charge in [-0.05, 0) is 62.8 Å². The lowest BCUT2D eigenvalue weighted by molar-refractivity contribution is -0.384. The first-order valence-corrected chi connectivity index (χ1v) is 11.4. The summed E-state index contributed by atoms with van der Waals surface area (Å²) in [5.41, 5.74) is 0.895. The normalized spacial score (nSPS) is 38.0. The predicted molar refractivity (Wildman–Crippen MR) is 111 cm³/mol. The summed E-state index contributed by atoms with van der Waals surface area (Å²) in [4.78, 5) is 14.0. The molecule has 4 aliphatic rings. The van der Waals surface area contributed by atoms with Gasteiger partial charge in [-0.2, -0.15) is 0 Å². The molecular formula is C23H33N3O2. The third-order valence-corrected chi connectivity index (χ3v) is 8.02. The highest BCUT2D eigenvalue weighted by atomic mass is 16.6. The molecule has 5 heteroatoms. The van der Waals surface area contributed by atoms with Gasteiger partial charge >= 0.3 is 0 Å². The predicted octanol–water partition coefficient (Wildman–Crippen LogP) is 5.36. The summed E-state index contributed by atoms with van der Waals surface area (Å²) >= 11 is 0. The Morgan fingerprint density at radius 2 is 1.50 bits per heavy atom. The van der Waals surface area contributed by atoms with Gasteiger partial charge in [-0.1, -0.05) is 37.8 Å². The van der Waals surface area contributed by atoms with Gasteiger partial charge in [-0.25, -0.2) is 0 Å². The molecule has 1 aromatic carbocycles. The van der Waals surface area contributed by atoms with E-state index in [1.54, 1.807) is 12.1 Å². The van der Waals surface area contributed by atoms with E-state index in [2.05, 4.69) is 10.2 Å². The molecule has 28 heavy (non-hydrogen) atoms. The minimum atomic E-state index is -0.265. The summed E-state index contributed by atoms with van der Waals surface area (Å²) in [6.07, 6.45) is 14.9. The van der Waals surface area contributed by atoms with E-state index < -0.39 is 0 Å². The van der Waals surface area contributed by atoms with Gasteiger partial charge in [0.1, 0.15) is 5.69 Å². The minimum absolute atomic E-state index is 0.204. The number of anilines is 1. The van der Waals surface area contributed by atoms with Crippen molar-refractivity contribution in [1.29, 1.82) is 0 Å². The standard InChI is InChI=1S/C23H33N3O2/c27-26(28)23-10-2-1-9-22(23)24-18-14-19-7-4-8-20(15-18)25(19)21-12-16-5-3-6-17(11-16)13-21/h1-2,9-10,16-21,24H,3-8,11-15H2/t16-,17+,18-,19-,20+,21-. The summed E-state index contributed by atoms with van der Waals surface area (Å²) in [6.45, 7) is 0. The first-order chi connectivity index (χ1) is 13.7. The molecule has 2 saturated heterocycles. The molecule has 6 atom stereocenters. The largest absolute Gasteiger partial charge is 0.377 e. The molecule has 0 aromatic heterocycles. The number of benzene rings is 1. The van der Waals surface area contributed by atoms with Crippen molar-refractivity contribution in [3.05, 3.63) is 34.4 Å². The lowest BCUT2D eigenvalue weighted by Gasteiger charge is -2.55. The lowest BCUT2D eigenvalue weighted by Crippen LogP contribution is -2.60. The van der Waals surface area contributed by atoms with Crippen molar-refractivity contribution < 1.29 is 4.92 Å². The van der Waals surface area contributed by atoms with Crippen LogP contribution in [0.5, 0.6) is 0 Å². The van der Waals surface area contributed by atoms with Gasteiger partial charge in [0.2, 0.25) is 0 Å². The molecule has 4 fully saturated rings. The number of nitrogens with zero attached hydrogens (tertiary/aromatic N) is 2. The Bertz CT molecular complexity index is 698. The van der Waals surface area contributed by atoms with Crippen LogP contribution in [0.2, 0.25) is 0 Å². The van der Waals surface area contributed by atoms with Crippen LogP contribution in [0.15, 0.2) is 24.3 Å². The van der Waals surface area contributed by atoms with Gasteiger partial charge in [-0.3, -0.25) is 15.0 Å². The zero-order valence-corrected chi connectivity index (χ0v) is 16.8. The number of rotatable bonds is 4. The van der Waals surface area contributed by atoms with Gasteiger partial charge in [0.25, 0.3) is 5.69 Å². The average Bonchev–Trinajstić information content (AvgIpc) is 2.67. The van der Waals surface area contributed by atoms with Crippen molar-refractivity contribution in [3.8, 4) is 0 Å². The molecule has 2 aliphatic heterocycles. The van der Waals surface area contributed by atoms with Crippen LogP contribution in [0, 0.1) is 22.0 Å². The number of hydrogen-bond acceptors (Lipinski definition) is 4. The van der Waals surface area contributed by atoms with Crippen LogP contribution in [-0.2, 0) is 0 Å². The zero-order chi connectivity index (χ0) is 19.1. The van der Waals surface area contributed by atoms with Crippen LogP contribution in [0.1, 0.15) is 70.6 Å². The number of fused-ring (bicyclic) bond motifs is 4. The molecule has 1 N–H and O–H groups in total. The van der Waals surface area contributed by atoms with Crippen molar-refractivity contribution in [2.75, 3.05) is 5.32 Å². The molecule has 5 rings (SSSR count). The fourth-order valence-corrected chi connectivity index (χ4v) is 7.05. The van der Waals surface area contributed by atoms with Crippen LogP contribution < -0.4 is 5.32 Å². The fourth-order valence-electron chi connectivity index (χ4n) is 7.05. The Hall–Kier alpha value is -1.62. The smallest absolute Gasteiger partial charge is 0.292 e. The molecular weight excluding hydrogens is 350 g/mol. The van der Waals surface area contributed by atoms with E-state index >= 15 is 0 Å². The fraction of sp³-hybridized carbons (Fsp3) is 0.739. The number of nitro benzene ring substituents is 1. The van der Waals surface area contributed by atoms with Crippen molar-refractivity contribution in [2.24, 2.45) is 11.8 Å². The molecule has 4 bridgehead atoms. The molecule has 0 spiro atoms. The molecule has 152 valence electrons. The number of nitro groups is 1. The monoisotopic (exact) mass is 383 g/mol. The molecule has 2 saturated carbocycles. The minimum Gasteiger partial charge on any atom is -0.377 e. The second-order valence-corrected chi connectivity index (χ2v) is 9.80. The Balaban J connectivity index is 1.30. The van der Waals surface area contributed by atoms with E-state index in [1.807, 2.05) is 12.1 Å². The molecule has 2 heterocycles. The Labute approximate surface area is 168 Å². The lowest BCUT2D eigenvalue weighted by atomic mass is 9.68. The van der Waals surface area contributed by atoms with Crippen LogP contribution in [0.25, 0.3) is 0 Å². The highest BCUT2D eigenvalue weighted by Crippen LogP contribution is 2.46. The molecule has 1 aromatic rings. The van der Waals surface area contributed by atoms with E-state index in [9.17, 15) is 10.1 Å².